The Hall–Kier alpha value is -4.05. The first kappa shape index (κ1) is 18.7. The molecule has 0 bridgehead atoms. The van der Waals surface area contributed by atoms with E-state index in [2.05, 4.69) is 72.3 Å². The lowest BCUT2D eigenvalue weighted by molar-refractivity contribution is 0.653. The molecule has 0 N–H and O–H groups in total. The average molecular weight is 415 g/mol. The number of rotatable bonds is 2. The third kappa shape index (κ3) is 2.80. The molecule has 0 aliphatic carbocycles. The summed E-state index contributed by atoms with van der Waals surface area (Å²) in [4.78, 5) is 13.8. The van der Waals surface area contributed by atoms with Crippen LogP contribution in [-0.4, -0.2) is 15.0 Å². The van der Waals surface area contributed by atoms with E-state index in [1.54, 1.807) is 0 Å². The number of aromatic nitrogens is 3. The Morgan fingerprint density at radius 1 is 0.719 bits per heavy atom. The van der Waals surface area contributed by atoms with Crippen molar-refractivity contribution in [3.63, 3.8) is 0 Å². The summed E-state index contributed by atoms with van der Waals surface area (Å²) in [5.74, 6) is 0. The largest absolute Gasteiger partial charge is 0.437 e. The summed E-state index contributed by atoms with van der Waals surface area (Å²) < 4.78 is 6.22. The first-order valence-corrected chi connectivity index (χ1v) is 10.7. The zero-order valence-electron chi connectivity index (χ0n) is 18.2. The summed E-state index contributed by atoms with van der Waals surface area (Å²) >= 11 is 0. The van der Waals surface area contributed by atoms with Crippen molar-refractivity contribution in [2.45, 2.75) is 20.8 Å². The smallest absolute Gasteiger partial charge is 0.227 e. The van der Waals surface area contributed by atoms with Gasteiger partial charge in [-0.25, -0.2) is 4.98 Å². The molecule has 4 heteroatoms. The molecule has 2 aromatic carbocycles. The van der Waals surface area contributed by atoms with Crippen molar-refractivity contribution in [2.24, 2.45) is 0 Å². The molecule has 0 aliphatic rings. The first-order chi connectivity index (χ1) is 15.6. The lowest BCUT2D eigenvalue weighted by Gasteiger charge is -2.13. The minimum atomic E-state index is 0.664. The minimum absolute atomic E-state index is 0.664. The Morgan fingerprint density at radius 3 is 2.50 bits per heavy atom. The van der Waals surface area contributed by atoms with Gasteiger partial charge in [-0.1, -0.05) is 24.3 Å². The standard InChI is InChI=1S/C28H21N3O/c1-16-15-30-26(14-24(16)19-11-12-25-20(18(19)3)8-5-13-29-25)23-7-4-6-21-22-10-9-17(2)31-28(22)32-27(21)23/h4-15H,1-3H3. The highest BCUT2D eigenvalue weighted by molar-refractivity contribution is 6.08. The van der Waals surface area contributed by atoms with Crippen molar-refractivity contribution in [2.75, 3.05) is 0 Å². The van der Waals surface area contributed by atoms with Crippen LogP contribution in [0.2, 0.25) is 0 Å². The fourth-order valence-electron chi connectivity index (χ4n) is 4.53. The lowest BCUT2D eigenvalue weighted by atomic mass is 9.93. The molecule has 32 heavy (non-hydrogen) atoms. The fraction of sp³-hybridized carbons (Fsp3) is 0.107. The first-order valence-electron chi connectivity index (χ1n) is 10.7. The summed E-state index contributed by atoms with van der Waals surface area (Å²) in [5, 5.41) is 3.25. The molecule has 0 amide bonds. The Bertz CT molecular complexity index is 1660. The normalized spacial score (nSPS) is 11.6. The third-order valence-electron chi connectivity index (χ3n) is 6.23. The van der Waals surface area contributed by atoms with E-state index in [-0.39, 0.29) is 0 Å². The lowest BCUT2D eigenvalue weighted by Crippen LogP contribution is -1.93. The Morgan fingerprint density at radius 2 is 1.59 bits per heavy atom. The molecule has 0 spiro atoms. The molecule has 0 aliphatic heterocycles. The maximum atomic E-state index is 6.22. The fourth-order valence-corrected chi connectivity index (χ4v) is 4.53. The van der Waals surface area contributed by atoms with E-state index in [1.807, 2.05) is 31.5 Å². The topological polar surface area (TPSA) is 51.8 Å². The zero-order chi connectivity index (χ0) is 21.8. The van der Waals surface area contributed by atoms with E-state index < -0.39 is 0 Å². The minimum Gasteiger partial charge on any atom is -0.437 e. The summed E-state index contributed by atoms with van der Waals surface area (Å²) in [6, 6.07) is 20.8. The van der Waals surface area contributed by atoms with Gasteiger partial charge >= 0.3 is 0 Å². The van der Waals surface area contributed by atoms with E-state index in [1.165, 1.54) is 22.1 Å². The van der Waals surface area contributed by atoms with Gasteiger partial charge in [0.1, 0.15) is 5.58 Å². The predicted molar refractivity (Wildman–Crippen MR) is 130 cm³/mol. The van der Waals surface area contributed by atoms with Crippen LogP contribution in [0.25, 0.3) is 55.4 Å². The summed E-state index contributed by atoms with van der Waals surface area (Å²) in [7, 11) is 0. The molecule has 0 radical (unpaired) electrons. The second kappa shape index (κ2) is 6.99. The molecule has 4 aromatic heterocycles. The number of aryl methyl sites for hydroxylation is 3. The molecule has 0 saturated carbocycles. The van der Waals surface area contributed by atoms with Gasteiger partial charge in [-0.2, -0.15) is 0 Å². The number of pyridine rings is 3. The molecule has 6 rings (SSSR count). The second-order valence-corrected chi connectivity index (χ2v) is 8.28. The van der Waals surface area contributed by atoms with Crippen molar-refractivity contribution in [3.8, 4) is 22.4 Å². The number of furan rings is 1. The van der Waals surface area contributed by atoms with Crippen LogP contribution in [0.15, 0.2) is 77.5 Å². The molecule has 0 saturated heterocycles. The van der Waals surface area contributed by atoms with Crippen LogP contribution >= 0.6 is 0 Å². The molecule has 0 atom stereocenters. The van der Waals surface area contributed by atoms with Gasteiger partial charge in [0.15, 0.2) is 0 Å². The van der Waals surface area contributed by atoms with E-state index in [9.17, 15) is 0 Å². The molecule has 0 unspecified atom stereocenters. The highest BCUT2D eigenvalue weighted by atomic mass is 16.3. The zero-order valence-corrected chi connectivity index (χ0v) is 18.2. The van der Waals surface area contributed by atoms with Gasteiger partial charge in [-0.3, -0.25) is 9.97 Å². The number of hydrogen-bond acceptors (Lipinski definition) is 4. The van der Waals surface area contributed by atoms with Gasteiger partial charge in [0.25, 0.3) is 0 Å². The molecule has 6 aromatic rings. The highest BCUT2D eigenvalue weighted by Crippen LogP contribution is 2.37. The van der Waals surface area contributed by atoms with E-state index in [0.717, 1.165) is 44.4 Å². The molecule has 4 heterocycles. The van der Waals surface area contributed by atoms with E-state index in [0.29, 0.717) is 5.71 Å². The van der Waals surface area contributed by atoms with E-state index >= 15 is 0 Å². The van der Waals surface area contributed by atoms with Crippen LogP contribution in [0.5, 0.6) is 0 Å². The van der Waals surface area contributed by atoms with Gasteiger partial charge in [-0.15, -0.1) is 0 Å². The Balaban J connectivity index is 1.58. The summed E-state index contributed by atoms with van der Waals surface area (Å²) in [6.45, 7) is 6.24. The highest BCUT2D eigenvalue weighted by Gasteiger charge is 2.16. The molecule has 4 nitrogen and oxygen atoms in total. The number of nitrogens with zero attached hydrogens (tertiary/aromatic N) is 3. The van der Waals surface area contributed by atoms with Crippen LogP contribution in [0, 0.1) is 20.8 Å². The summed E-state index contributed by atoms with van der Waals surface area (Å²) in [6.07, 6.45) is 3.78. The maximum absolute atomic E-state index is 6.22. The van der Waals surface area contributed by atoms with Crippen LogP contribution in [0.3, 0.4) is 0 Å². The molecule has 0 fully saturated rings. The SMILES string of the molecule is Cc1ccc2c(n1)oc1c(-c3cc(-c4ccc5ncccc5c4C)c(C)cn3)cccc12. The van der Waals surface area contributed by atoms with Gasteiger partial charge in [0.2, 0.25) is 5.71 Å². The number of benzene rings is 2. The van der Waals surface area contributed by atoms with Crippen LogP contribution in [0.4, 0.5) is 0 Å². The van der Waals surface area contributed by atoms with Crippen molar-refractivity contribution in [1.82, 2.24) is 15.0 Å². The van der Waals surface area contributed by atoms with Gasteiger partial charge < -0.3 is 4.42 Å². The van der Waals surface area contributed by atoms with Gasteiger partial charge in [0, 0.05) is 39.8 Å². The van der Waals surface area contributed by atoms with Crippen molar-refractivity contribution < 1.29 is 4.42 Å². The number of hydrogen-bond donors (Lipinski definition) is 0. The maximum Gasteiger partial charge on any atom is 0.227 e. The van der Waals surface area contributed by atoms with Gasteiger partial charge in [0.05, 0.1) is 11.2 Å². The van der Waals surface area contributed by atoms with Crippen molar-refractivity contribution in [1.29, 1.82) is 0 Å². The van der Waals surface area contributed by atoms with Crippen molar-refractivity contribution >= 4 is 33.0 Å². The Labute approximate surface area is 185 Å². The predicted octanol–water partition coefficient (Wildman–Crippen LogP) is 7.18. The summed E-state index contributed by atoms with van der Waals surface area (Å²) in [5.41, 5.74) is 10.0. The Kier molecular flexibility index (Phi) is 4.08. The second-order valence-electron chi connectivity index (χ2n) is 8.28. The number of para-hydroxylation sites is 1. The average Bonchev–Trinajstić information content (AvgIpc) is 3.18. The molecular weight excluding hydrogens is 394 g/mol. The number of fused-ring (bicyclic) bond motifs is 4. The van der Waals surface area contributed by atoms with Crippen LogP contribution < -0.4 is 0 Å². The van der Waals surface area contributed by atoms with Gasteiger partial charge in [-0.05, 0) is 79.4 Å². The molecule has 154 valence electrons. The van der Waals surface area contributed by atoms with Crippen LogP contribution in [0.1, 0.15) is 16.8 Å². The van der Waals surface area contributed by atoms with E-state index in [4.69, 9.17) is 9.40 Å². The molecular formula is C28H21N3O. The van der Waals surface area contributed by atoms with Crippen molar-refractivity contribution in [3.05, 3.63) is 89.9 Å². The third-order valence-corrected chi connectivity index (χ3v) is 6.23. The monoisotopic (exact) mass is 415 g/mol. The quantitative estimate of drug-likeness (QED) is 0.300. The van der Waals surface area contributed by atoms with Crippen LogP contribution in [-0.2, 0) is 0 Å².